The molecule has 1 nitrogen and oxygen atoms in total. The molecule has 0 aromatic carbocycles. The van der Waals surface area contributed by atoms with Gasteiger partial charge >= 0.3 is 0 Å². The molecule has 0 unspecified atom stereocenters. The maximum atomic E-state index is 4.71. The summed E-state index contributed by atoms with van der Waals surface area (Å²) in [5, 5.41) is 4.71. The Morgan fingerprint density at radius 2 is 1.10 bits per heavy atom. The number of nitrogens with zero attached hydrogens (tertiary/aromatic N) is 1. The Bertz CT molecular complexity index is 218. The van der Waals surface area contributed by atoms with Gasteiger partial charge in [-0.1, -0.05) is 96.8 Å². The third-order valence-electron chi connectivity index (χ3n) is 5.50. The molecule has 0 N–H and O–H groups in total. The molecule has 1 heteroatoms. The van der Waals surface area contributed by atoms with Gasteiger partial charge < -0.3 is 0 Å². The first kappa shape index (κ1) is 19.0. The molecule has 1 rings (SSSR count). The molecule has 0 aromatic rings. The third-order valence-corrected chi connectivity index (χ3v) is 5.50. The summed E-state index contributed by atoms with van der Waals surface area (Å²) in [7, 11) is 2.05. The zero-order valence-corrected chi connectivity index (χ0v) is 15.0. The van der Waals surface area contributed by atoms with Gasteiger partial charge in [0.1, 0.15) is 0 Å². The highest BCUT2D eigenvalue weighted by Gasteiger charge is 2.32. The van der Waals surface area contributed by atoms with Gasteiger partial charge in [-0.25, -0.2) is 5.32 Å². The molecule has 0 saturated heterocycles. The van der Waals surface area contributed by atoms with Crippen molar-refractivity contribution in [3.05, 3.63) is 0 Å². The highest BCUT2D eigenvalue weighted by Crippen LogP contribution is 2.34. The standard InChI is InChI=1S/C20H40N/c1-3-4-5-6-7-8-9-10-11-12-13-14-17-20(21-2)18-15-16-19-20/h3-19H2,1-2H3. The second kappa shape index (κ2) is 12.5. The van der Waals surface area contributed by atoms with Gasteiger partial charge in [0.2, 0.25) is 0 Å². The van der Waals surface area contributed by atoms with Crippen LogP contribution in [-0.2, 0) is 0 Å². The van der Waals surface area contributed by atoms with E-state index in [0.717, 1.165) is 0 Å². The van der Waals surface area contributed by atoms with Crippen LogP contribution in [0.4, 0.5) is 0 Å². The molecular formula is C20H40N. The molecule has 0 aromatic heterocycles. The fraction of sp³-hybridized carbons (Fsp3) is 1.00. The summed E-state index contributed by atoms with van der Waals surface area (Å²) in [5.41, 5.74) is 0.401. The van der Waals surface area contributed by atoms with Crippen LogP contribution in [0.2, 0.25) is 0 Å². The molecule has 0 bridgehead atoms. The van der Waals surface area contributed by atoms with Crippen LogP contribution in [0.25, 0.3) is 0 Å². The van der Waals surface area contributed by atoms with Crippen molar-refractivity contribution in [2.24, 2.45) is 0 Å². The predicted molar refractivity (Wildman–Crippen MR) is 95.0 cm³/mol. The van der Waals surface area contributed by atoms with E-state index < -0.39 is 0 Å². The van der Waals surface area contributed by atoms with Crippen LogP contribution in [0.3, 0.4) is 0 Å². The lowest BCUT2D eigenvalue weighted by atomic mass is 9.90. The Morgan fingerprint density at radius 3 is 1.52 bits per heavy atom. The Morgan fingerprint density at radius 1 is 0.667 bits per heavy atom. The number of unbranched alkanes of at least 4 members (excludes halogenated alkanes) is 11. The normalized spacial score (nSPS) is 17.4. The first-order valence-corrected chi connectivity index (χ1v) is 9.94. The topological polar surface area (TPSA) is 14.1 Å². The van der Waals surface area contributed by atoms with Gasteiger partial charge in [0.05, 0.1) is 0 Å². The molecule has 1 aliphatic carbocycles. The molecular weight excluding hydrogens is 254 g/mol. The van der Waals surface area contributed by atoms with Gasteiger partial charge in [0.25, 0.3) is 0 Å². The van der Waals surface area contributed by atoms with E-state index in [1.54, 1.807) is 0 Å². The third kappa shape index (κ3) is 8.86. The van der Waals surface area contributed by atoms with E-state index in [9.17, 15) is 0 Å². The minimum absolute atomic E-state index is 0.401. The van der Waals surface area contributed by atoms with Gasteiger partial charge in [0.15, 0.2) is 0 Å². The summed E-state index contributed by atoms with van der Waals surface area (Å²) >= 11 is 0. The van der Waals surface area contributed by atoms with Crippen LogP contribution in [0.15, 0.2) is 0 Å². The molecule has 0 atom stereocenters. The smallest absolute Gasteiger partial charge is 0.0353 e. The van der Waals surface area contributed by atoms with Crippen molar-refractivity contribution < 1.29 is 0 Å². The van der Waals surface area contributed by atoms with E-state index in [1.807, 2.05) is 7.05 Å². The van der Waals surface area contributed by atoms with E-state index in [4.69, 9.17) is 5.32 Å². The number of rotatable bonds is 14. The van der Waals surface area contributed by atoms with Crippen molar-refractivity contribution in [1.82, 2.24) is 5.32 Å². The predicted octanol–water partition coefficient (Wildman–Crippen LogP) is 6.62. The molecule has 0 aliphatic heterocycles. The van der Waals surface area contributed by atoms with E-state index in [0.29, 0.717) is 5.54 Å². The van der Waals surface area contributed by atoms with Crippen LogP contribution >= 0.6 is 0 Å². The monoisotopic (exact) mass is 294 g/mol. The van der Waals surface area contributed by atoms with E-state index in [-0.39, 0.29) is 0 Å². The zero-order valence-electron chi connectivity index (χ0n) is 15.0. The summed E-state index contributed by atoms with van der Waals surface area (Å²) in [6.07, 6.45) is 24.3. The molecule has 125 valence electrons. The summed E-state index contributed by atoms with van der Waals surface area (Å²) < 4.78 is 0. The van der Waals surface area contributed by atoms with E-state index in [2.05, 4.69) is 6.92 Å². The van der Waals surface area contributed by atoms with Crippen LogP contribution in [0.1, 0.15) is 116 Å². The molecule has 1 saturated carbocycles. The lowest BCUT2D eigenvalue weighted by Crippen LogP contribution is -2.34. The van der Waals surface area contributed by atoms with E-state index in [1.165, 1.54) is 109 Å². The first-order valence-electron chi connectivity index (χ1n) is 9.94. The highest BCUT2D eigenvalue weighted by molar-refractivity contribution is 4.90. The van der Waals surface area contributed by atoms with Crippen LogP contribution in [0.5, 0.6) is 0 Å². The molecule has 21 heavy (non-hydrogen) atoms. The van der Waals surface area contributed by atoms with Gasteiger partial charge in [-0.05, 0) is 19.3 Å². The molecule has 1 radical (unpaired) electrons. The second-order valence-electron chi connectivity index (χ2n) is 7.29. The molecule has 1 fully saturated rings. The molecule has 1 aliphatic rings. The average Bonchev–Trinajstić information content (AvgIpc) is 2.98. The fourth-order valence-electron chi connectivity index (χ4n) is 3.91. The molecule has 0 amide bonds. The van der Waals surface area contributed by atoms with Crippen molar-refractivity contribution in [3.8, 4) is 0 Å². The average molecular weight is 295 g/mol. The second-order valence-corrected chi connectivity index (χ2v) is 7.29. The van der Waals surface area contributed by atoms with Gasteiger partial charge in [-0.2, -0.15) is 0 Å². The maximum absolute atomic E-state index is 4.71. The number of hydrogen-bond donors (Lipinski definition) is 0. The Hall–Kier alpha value is -0.0400. The summed E-state index contributed by atoms with van der Waals surface area (Å²) in [4.78, 5) is 0. The Kier molecular flexibility index (Phi) is 11.3. The number of hydrogen-bond acceptors (Lipinski definition) is 0. The Labute approximate surface area is 134 Å². The van der Waals surface area contributed by atoms with Crippen molar-refractivity contribution in [3.63, 3.8) is 0 Å². The van der Waals surface area contributed by atoms with Gasteiger partial charge in [-0.15, -0.1) is 0 Å². The highest BCUT2D eigenvalue weighted by atomic mass is 14.9. The lowest BCUT2D eigenvalue weighted by molar-refractivity contribution is 0.313. The largest absolute Gasteiger partial charge is 0.238 e. The minimum atomic E-state index is 0.401. The van der Waals surface area contributed by atoms with Gasteiger partial charge in [0, 0.05) is 12.6 Å². The van der Waals surface area contributed by atoms with Crippen LogP contribution in [-0.4, -0.2) is 12.6 Å². The zero-order chi connectivity index (χ0) is 15.2. The summed E-state index contributed by atoms with van der Waals surface area (Å²) in [6, 6.07) is 0. The van der Waals surface area contributed by atoms with Crippen molar-refractivity contribution in [2.75, 3.05) is 7.05 Å². The summed E-state index contributed by atoms with van der Waals surface area (Å²) in [5.74, 6) is 0. The quantitative estimate of drug-likeness (QED) is 0.319. The molecule has 0 heterocycles. The fourth-order valence-corrected chi connectivity index (χ4v) is 3.91. The SMILES string of the molecule is CCCCCCCCCCCCCCC1([N]C)CCCC1. The van der Waals surface area contributed by atoms with Crippen LogP contribution in [0, 0.1) is 0 Å². The van der Waals surface area contributed by atoms with Crippen molar-refractivity contribution in [2.45, 2.75) is 122 Å². The minimum Gasteiger partial charge on any atom is -0.238 e. The van der Waals surface area contributed by atoms with E-state index >= 15 is 0 Å². The first-order chi connectivity index (χ1) is 10.3. The Balaban J connectivity index is 1.80. The lowest BCUT2D eigenvalue weighted by Gasteiger charge is -2.26. The molecule has 0 spiro atoms. The van der Waals surface area contributed by atoms with Crippen molar-refractivity contribution in [1.29, 1.82) is 0 Å². The summed E-state index contributed by atoms with van der Waals surface area (Å²) in [6.45, 7) is 2.29. The van der Waals surface area contributed by atoms with Crippen LogP contribution < -0.4 is 5.32 Å². The van der Waals surface area contributed by atoms with Gasteiger partial charge in [-0.3, -0.25) is 0 Å². The maximum Gasteiger partial charge on any atom is 0.0353 e. The van der Waals surface area contributed by atoms with Crippen molar-refractivity contribution >= 4 is 0 Å².